The van der Waals surface area contributed by atoms with Crippen LogP contribution in [0, 0.1) is 0 Å². The number of hydrogen-bond donors (Lipinski definition) is 1. The summed E-state index contributed by atoms with van der Waals surface area (Å²) in [5, 5.41) is 2.98. The first-order valence-electron chi connectivity index (χ1n) is 10.4. The minimum absolute atomic E-state index is 0.0987. The van der Waals surface area contributed by atoms with Crippen LogP contribution in [0.25, 0.3) is 6.08 Å². The Bertz CT molecular complexity index is 592. The van der Waals surface area contributed by atoms with Crippen LogP contribution < -0.4 is 5.32 Å². The maximum atomic E-state index is 11.9. The molecule has 1 amide bonds. The van der Waals surface area contributed by atoms with E-state index in [2.05, 4.69) is 78.1 Å². The van der Waals surface area contributed by atoms with E-state index >= 15 is 0 Å². The predicted molar refractivity (Wildman–Crippen MR) is 121 cm³/mol. The van der Waals surface area contributed by atoms with E-state index in [0.29, 0.717) is 23.0 Å². The van der Waals surface area contributed by atoms with Gasteiger partial charge in [0.25, 0.3) is 0 Å². The van der Waals surface area contributed by atoms with Crippen molar-refractivity contribution in [1.29, 1.82) is 0 Å². The molecule has 0 aliphatic heterocycles. The smallest absolute Gasteiger partial charge is 0.407 e. The standard InChI is InChI=1S/C23H39NO3Si/c1-17(2)28(18(3)4,19(5)6)27-20(7)22(24-23(25)26-8)16-12-15-21-13-10-9-11-14-21/h9-15,17-20,22H,16H2,1-8H3,(H,24,25)/t20-,22?/m0/s1. The molecule has 0 aliphatic carbocycles. The largest absolute Gasteiger partial charge is 0.453 e. The Kier molecular flexibility index (Phi) is 9.97. The molecule has 2 atom stereocenters. The third-order valence-corrected chi connectivity index (χ3v) is 11.8. The Morgan fingerprint density at radius 1 is 1.00 bits per heavy atom. The summed E-state index contributed by atoms with van der Waals surface area (Å²) in [4.78, 5) is 11.9. The van der Waals surface area contributed by atoms with Gasteiger partial charge in [0, 0.05) is 0 Å². The van der Waals surface area contributed by atoms with Gasteiger partial charge in [-0.1, -0.05) is 84.0 Å². The summed E-state index contributed by atoms with van der Waals surface area (Å²) in [6, 6.07) is 10.0. The molecule has 0 bridgehead atoms. The first-order valence-corrected chi connectivity index (χ1v) is 12.5. The number of amides is 1. The lowest BCUT2D eigenvalue weighted by Crippen LogP contribution is -2.54. The number of nitrogens with one attached hydrogen (secondary N) is 1. The van der Waals surface area contributed by atoms with Crippen molar-refractivity contribution in [3.63, 3.8) is 0 Å². The van der Waals surface area contributed by atoms with E-state index in [9.17, 15) is 4.79 Å². The summed E-state index contributed by atoms with van der Waals surface area (Å²) in [5.74, 6) is 0. The van der Waals surface area contributed by atoms with E-state index in [1.54, 1.807) is 0 Å². The fourth-order valence-electron chi connectivity index (χ4n) is 4.31. The average molecular weight is 406 g/mol. The molecule has 1 N–H and O–H groups in total. The van der Waals surface area contributed by atoms with Gasteiger partial charge in [0.2, 0.25) is 8.32 Å². The molecular formula is C23H39NO3Si. The molecule has 28 heavy (non-hydrogen) atoms. The quantitative estimate of drug-likeness (QED) is 0.458. The molecule has 1 unspecified atom stereocenters. The van der Waals surface area contributed by atoms with Crippen LogP contribution >= 0.6 is 0 Å². The van der Waals surface area contributed by atoms with E-state index in [4.69, 9.17) is 9.16 Å². The van der Waals surface area contributed by atoms with Crippen LogP contribution in [-0.4, -0.2) is 33.7 Å². The molecule has 1 aromatic rings. The third kappa shape index (κ3) is 6.49. The van der Waals surface area contributed by atoms with Crippen LogP contribution in [0.2, 0.25) is 16.6 Å². The Balaban J connectivity index is 3.01. The van der Waals surface area contributed by atoms with E-state index in [1.165, 1.54) is 7.11 Å². The van der Waals surface area contributed by atoms with Crippen LogP contribution in [-0.2, 0) is 9.16 Å². The maximum Gasteiger partial charge on any atom is 0.407 e. The number of rotatable bonds is 10. The number of methoxy groups -OCH3 is 1. The van der Waals surface area contributed by atoms with Crippen LogP contribution in [0.5, 0.6) is 0 Å². The van der Waals surface area contributed by atoms with Crippen molar-refractivity contribution < 1.29 is 14.0 Å². The van der Waals surface area contributed by atoms with E-state index in [-0.39, 0.29) is 12.1 Å². The van der Waals surface area contributed by atoms with Crippen molar-refractivity contribution in [2.24, 2.45) is 0 Å². The number of carbonyl (C=O) groups is 1. The van der Waals surface area contributed by atoms with Crippen molar-refractivity contribution in [3.05, 3.63) is 42.0 Å². The second kappa shape index (κ2) is 11.4. The van der Waals surface area contributed by atoms with Gasteiger partial charge in [0.15, 0.2) is 0 Å². The third-order valence-electron chi connectivity index (χ3n) is 5.65. The van der Waals surface area contributed by atoms with Gasteiger partial charge < -0.3 is 14.5 Å². The van der Waals surface area contributed by atoms with E-state index in [1.807, 2.05) is 18.2 Å². The highest BCUT2D eigenvalue weighted by Crippen LogP contribution is 2.43. The Hall–Kier alpha value is -1.59. The number of ether oxygens (including phenoxy) is 1. The number of hydrogen-bond acceptors (Lipinski definition) is 3. The van der Waals surface area contributed by atoms with Gasteiger partial charge in [0.1, 0.15) is 0 Å². The fraction of sp³-hybridized carbons (Fsp3) is 0.609. The van der Waals surface area contributed by atoms with Gasteiger partial charge in [-0.3, -0.25) is 0 Å². The zero-order valence-electron chi connectivity index (χ0n) is 18.9. The normalized spacial score (nSPS) is 14.7. The minimum atomic E-state index is -2.03. The highest BCUT2D eigenvalue weighted by Gasteiger charge is 2.46. The Morgan fingerprint density at radius 2 is 1.54 bits per heavy atom. The molecular weight excluding hydrogens is 366 g/mol. The van der Waals surface area contributed by atoms with Gasteiger partial charge in [-0.25, -0.2) is 4.79 Å². The van der Waals surface area contributed by atoms with Gasteiger partial charge >= 0.3 is 6.09 Å². The molecule has 1 aromatic carbocycles. The van der Waals surface area contributed by atoms with Crippen molar-refractivity contribution >= 4 is 20.5 Å². The zero-order chi connectivity index (χ0) is 21.3. The Morgan fingerprint density at radius 3 is 2.00 bits per heavy atom. The molecule has 5 heteroatoms. The predicted octanol–water partition coefficient (Wildman–Crippen LogP) is 6.40. The van der Waals surface area contributed by atoms with Gasteiger partial charge in [0.05, 0.1) is 19.3 Å². The number of alkyl carbamates (subject to hydrolysis) is 1. The first-order chi connectivity index (χ1) is 13.1. The monoisotopic (exact) mass is 405 g/mol. The summed E-state index contributed by atoms with van der Waals surface area (Å²) in [6.07, 6.45) is 4.35. The molecule has 1 rings (SSSR count). The summed E-state index contributed by atoms with van der Waals surface area (Å²) in [7, 11) is -0.638. The average Bonchev–Trinajstić information content (AvgIpc) is 2.64. The molecule has 0 aliphatic rings. The maximum absolute atomic E-state index is 11.9. The van der Waals surface area contributed by atoms with Crippen LogP contribution in [0.4, 0.5) is 4.79 Å². The molecule has 0 spiro atoms. The minimum Gasteiger partial charge on any atom is -0.453 e. The van der Waals surface area contributed by atoms with E-state index in [0.717, 1.165) is 5.56 Å². The summed E-state index contributed by atoms with van der Waals surface area (Å²) < 4.78 is 11.7. The van der Waals surface area contributed by atoms with Gasteiger partial charge in [-0.2, -0.15) is 0 Å². The molecule has 0 heterocycles. The van der Waals surface area contributed by atoms with Gasteiger partial charge in [-0.05, 0) is 35.5 Å². The summed E-state index contributed by atoms with van der Waals surface area (Å²) in [6.45, 7) is 15.7. The molecule has 0 fully saturated rings. The topological polar surface area (TPSA) is 47.6 Å². The fourth-order valence-corrected chi connectivity index (χ4v) is 9.93. The summed E-state index contributed by atoms with van der Waals surface area (Å²) >= 11 is 0. The molecule has 0 radical (unpaired) electrons. The second-order valence-electron chi connectivity index (χ2n) is 8.43. The van der Waals surface area contributed by atoms with Crippen LogP contribution in [0.3, 0.4) is 0 Å². The van der Waals surface area contributed by atoms with Crippen LogP contribution in [0.1, 0.15) is 60.5 Å². The molecule has 0 saturated carbocycles. The molecule has 4 nitrogen and oxygen atoms in total. The van der Waals surface area contributed by atoms with Crippen molar-refractivity contribution in [2.45, 2.75) is 83.7 Å². The van der Waals surface area contributed by atoms with Crippen molar-refractivity contribution in [3.8, 4) is 0 Å². The lowest BCUT2D eigenvalue weighted by molar-refractivity contribution is 0.127. The van der Waals surface area contributed by atoms with Crippen molar-refractivity contribution in [2.75, 3.05) is 7.11 Å². The highest BCUT2D eigenvalue weighted by atomic mass is 28.4. The van der Waals surface area contributed by atoms with E-state index < -0.39 is 14.4 Å². The lowest BCUT2D eigenvalue weighted by atomic mass is 10.1. The van der Waals surface area contributed by atoms with Crippen molar-refractivity contribution in [1.82, 2.24) is 5.32 Å². The lowest BCUT2D eigenvalue weighted by Gasteiger charge is -2.45. The summed E-state index contributed by atoms with van der Waals surface area (Å²) in [5.41, 5.74) is 2.62. The Labute approximate surface area is 172 Å². The zero-order valence-corrected chi connectivity index (χ0v) is 19.9. The molecule has 158 valence electrons. The second-order valence-corrected chi connectivity index (χ2v) is 13.8. The van der Waals surface area contributed by atoms with Gasteiger partial charge in [-0.15, -0.1) is 0 Å². The number of carbonyl (C=O) groups excluding carboxylic acids is 1. The number of benzene rings is 1. The molecule has 0 aromatic heterocycles. The highest BCUT2D eigenvalue weighted by molar-refractivity contribution is 6.77. The SMILES string of the molecule is COC(=O)NC(CC=Cc1ccccc1)[C@H](C)O[Si](C(C)C)(C(C)C)C(C)C. The molecule has 0 saturated heterocycles. The van der Waals surface area contributed by atoms with Crippen LogP contribution in [0.15, 0.2) is 36.4 Å². The first kappa shape index (κ1) is 24.4.